The summed E-state index contributed by atoms with van der Waals surface area (Å²) in [6.07, 6.45) is -1.42. The third kappa shape index (κ3) is 6.78. The molecule has 0 saturated heterocycles. The zero-order valence-electron chi connectivity index (χ0n) is 18.5. The summed E-state index contributed by atoms with van der Waals surface area (Å²) in [7, 11) is -2.35. The molecule has 0 aliphatic rings. The summed E-state index contributed by atoms with van der Waals surface area (Å²) in [6.45, 7) is 1.59. The third-order valence-corrected chi connectivity index (χ3v) is 7.51. The van der Waals surface area contributed by atoms with Gasteiger partial charge in [-0.1, -0.05) is 15.9 Å². The zero-order chi connectivity index (χ0) is 25.6. The van der Waals surface area contributed by atoms with Crippen LogP contribution in [0, 0.1) is 18.3 Å². The molecule has 2 aromatic carbocycles. The van der Waals surface area contributed by atoms with Gasteiger partial charge in [0.2, 0.25) is 0 Å². The van der Waals surface area contributed by atoms with Crippen molar-refractivity contribution in [3.05, 3.63) is 81.0 Å². The fourth-order valence-electron chi connectivity index (χ4n) is 2.99. The molecule has 7 nitrogen and oxygen atoms in total. The van der Waals surface area contributed by atoms with Crippen molar-refractivity contribution in [3.63, 3.8) is 0 Å². The topological polar surface area (TPSA) is 104 Å². The minimum Gasteiger partial charge on any atom is -0.496 e. The number of nitrogens with one attached hydrogen (secondary N) is 1. The van der Waals surface area contributed by atoms with Gasteiger partial charge in [-0.15, -0.1) is 11.8 Å². The predicted octanol–water partition coefficient (Wildman–Crippen LogP) is 5.58. The number of pyridine rings is 1. The van der Waals surface area contributed by atoms with Crippen LogP contribution in [0.2, 0.25) is 0 Å². The number of benzene rings is 2. The van der Waals surface area contributed by atoms with E-state index in [1.54, 1.807) is 37.3 Å². The highest BCUT2D eigenvalue weighted by Crippen LogP contribution is 2.32. The Morgan fingerprint density at radius 2 is 1.97 bits per heavy atom. The van der Waals surface area contributed by atoms with Gasteiger partial charge in [0.25, 0.3) is 16.4 Å². The van der Waals surface area contributed by atoms with Crippen LogP contribution in [0.25, 0.3) is 0 Å². The van der Waals surface area contributed by atoms with Crippen LogP contribution in [0.4, 0.5) is 8.78 Å². The number of sulfonamides is 1. The summed E-state index contributed by atoms with van der Waals surface area (Å²) in [4.78, 5) is 6.17. The molecule has 35 heavy (non-hydrogen) atoms. The van der Waals surface area contributed by atoms with Crippen molar-refractivity contribution in [1.82, 2.24) is 9.82 Å². The van der Waals surface area contributed by atoms with E-state index in [4.69, 9.17) is 4.74 Å². The van der Waals surface area contributed by atoms with Gasteiger partial charge in [0.15, 0.2) is 0 Å². The second-order valence-electron chi connectivity index (χ2n) is 7.12. The number of ether oxygens (including phenoxy) is 1. The molecule has 0 saturated carbocycles. The minimum atomic E-state index is -3.84. The fourth-order valence-corrected chi connectivity index (χ4v) is 5.09. The normalized spacial score (nSPS) is 11.6. The molecule has 1 N–H and O–H groups in total. The molecule has 0 unspecified atom stereocenters. The molecule has 182 valence electrons. The molecular weight excluding hydrogens is 562 g/mol. The van der Waals surface area contributed by atoms with Gasteiger partial charge in [0.1, 0.15) is 22.5 Å². The van der Waals surface area contributed by atoms with Gasteiger partial charge < -0.3 is 4.74 Å². The van der Waals surface area contributed by atoms with Crippen molar-refractivity contribution < 1.29 is 21.9 Å². The van der Waals surface area contributed by atoms with Gasteiger partial charge in [0, 0.05) is 15.8 Å². The van der Waals surface area contributed by atoms with Crippen molar-refractivity contribution in [2.75, 3.05) is 7.11 Å². The monoisotopic (exact) mass is 580 g/mol. The maximum absolute atomic E-state index is 13.2. The highest BCUT2D eigenvalue weighted by atomic mass is 79.9. The highest BCUT2D eigenvalue weighted by Gasteiger charge is 2.17. The molecule has 0 atom stereocenters. The average Bonchev–Trinajstić information content (AvgIpc) is 2.82. The SMILES string of the molecule is COc1ccc(/C=N/NS(=O)(=O)c2ccc(Br)cc2)cc1CSc1nc(C(F)F)cc(C)c1C#N. The number of aromatic nitrogens is 1. The molecule has 0 aliphatic heterocycles. The highest BCUT2D eigenvalue weighted by molar-refractivity contribution is 9.10. The van der Waals surface area contributed by atoms with Gasteiger partial charge in [-0.2, -0.15) is 18.8 Å². The van der Waals surface area contributed by atoms with Crippen LogP contribution in [0.3, 0.4) is 0 Å². The van der Waals surface area contributed by atoms with Crippen molar-refractivity contribution in [1.29, 1.82) is 5.26 Å². The quantitative estimate of drug-likeness (QED) is 0.201. The first kappa shape index (κ1) is 26.6. The predicted molar refractivity (Wildman–Crippen MR) is 133 cm³/mol. The molecule has 3 aromatic rings. The zero-order valence-corrected chi connectivity index (χ0v) is 21.7. The van der Waals surface area contributed by atoms with Crippen LogP contribution in [0.15, 0.2) is 68.0 Å². The summed E-state index contributed by atoms with van der Waals surface area (Å²) in [6, 6.07) is 14.4. The fraction of sp³-hybridized carbons (Fsp3) is 0.174. The first-order valence-electron chi connectivity index (χ1n) is 9.94. The number of rotatable bonds is 9. The van der Waals surface area contributed by atoms with Crippen LogP contribution in [-0.4, -0.2) is 26.7 Å². The van der Waals surface area contributed by atoms with Crippen LogP contribution in [-0.2, 0) is 15.8 Å². The molecule has 0 spiro atoms. The number of nitrogens with zero attached hydrogens (tertiary/aromatic N) is 3. The third-order valence-electron chi connectivity index (χ3n) is 4.72. The lowest BCUT2D eigenvalue weighted by molar-refractivity contribution is 0.145. The largest absolute Gasteiger partial charge is 0.496 e. The standard InChI is InChI=1S/C23H19BrF2N4O3S2/c1-14-9-20(22(25)26)29-23(19(14)11-27)34-13-16-10-15(3-8-21(16)33-2)12-28-30-35(31,32)18-6-4-17(24)5-7-18/h3-10,12,22,30H,13H2,1-2H3/b28-12+. The smallest absolute Gasteiger partial charge is 0.280 e. The van der Waals surface area contributed by atoms with E-state index >= 15 is 0 Å². The number of hydrogen-bond acceptors (Lipinski definition) is 7. The van der Waals surface area contributed by atoms with Crippen LogP contribution in [0.5, 0.6) is 5.75 Å². The van der Waals surface area contributed by atoms with Crippen LogP contribution < -0.4 is 9.57 Å². The average molecular weight is 581 g/mol. The number of thioether (sulfide) groups is 1. The second kappa shape index (κ2) is 11.6. The van der Waals surface area contributed by atoms with Gasteiger partial charge in [-0.3, -0.25) is 0 Å². The summed E-state index contributed by atoms with van der Waals surface area (Å²) < 4.78 is 57.2. The van der Waals surface area contributed by atoms with Crippen molar-refractivity contribution >= 4 is 43.9 Å². The Labute approximate surface area is 214 Å². The van der Waals surface area contributed by atoms with Gasteiger partial charge >= 0.3 is 0 Å². The Morgan fingerprint density at radius 3 is 2.60 bits per heavy atom. The second-order valence-corrected chi connectivity index (χ2v) is 10.7. The number of aryl methyl sites for hydroxylation is 1. The molecule has 0 radical (unpaired) electrons. The van der Waals surface area contributed by atoms with Gasteiger partial charge in [0.05, 0.1) is 23.8 Å². The van der Waals surface area contributed by atoms with E-state index in [-0.39, 0.29) is 21.2 Å². The van der Waals surface area contributed by atoms with Gasteiger partial charge in [-0.25, -0.2) is 18.6 Å². The Balaban J connectivity index is 1.80. The molecule has 3 rings (SSSR count). The Kier molecular flexibility index (Phi) is 8.82. The van der Waals surface area contributed by atoms with E-state index < -0.39 is 22.1 Å². The van der Waals surface area contributed by atoms with E-state index in [0.717, 1.165) is 16.2 Å². The maximum Gasteiger partial charge on any atom is 0.280 e. The van der Waals surface area contributed by atoms with Crippen LogP contribution >= 0.6 is 27.7 Å². The van der Waals surface area contributed by atoms with Crippen LogP contribution in [0.1, 0.15) is 34.4 Å². The lowest BCUT2D eigenvalue weighted by Crippen LogP contribution is -2.18. The number of methoxy groups -OCH3 is 1. The number of halogens is 3. The van der Waals surface area contributed by atoms with E-state index in [9.17, 15) is 22.5 Å². The first-order chi connectivity index (χ1) is 16.6. The number of hydrogen-bond donors (Lipinski definition) is 1. The number of hydrazone groups is 1. The molecule has 12 heteroatoms. The summed E-state index contributed by atoms with van der Waals surface area (Å²) in [5.41, 5.74) is 1.52. The number of alkyl halides is 2. The lowest BCUT2D eigenvalue weighted by Gasteiger charge is -2.12. The Bertz CT molecular complexity index is 1390. The van der Waals surface area contributed by atoms with E-state index in [0.29, 0.717) is 22.4 Å². The Morgan fingerprint density at radius 1 is 1.26 bits per heavy atom. The molecular formula is C23H19BrF2N4O3S2. The lowest BCUT2D eigenvalue weighted by atomic mass is 10.1. The van der Waals surface area contributed by atoms with Crippen molar-refractivity contribution in [3.8, 4) is 11.8 Å². The molecule has 0 amide bonds. The van der Waals surface area contributed by atoms with E-state index in [1.807, 2.05) is 6.07 Å². The van der Waals surface area contributed by atoms with Gasteiger partial charge in [-0.05, 0) is 66.6 Å². The maximum atomic E-state index is 13.2. The first-order valence-corrected chi connectivity index (χ1v) is 13.2. The molecule has 1 aromatic heterocycles. The minimum absolute atomic E-state index is 0.0618. The molecule has 0 fully saturated rings. The summed E-state index contributed by atoms with van der Waals surface area (Å²) in [5.74, 6) is 0.800. The van der Waals surface area contributed by atoms with Crippen molar-refractivity contribution in [2.45, 2.75) is 29.0 Å². The number of nitriles is 1. The van der Waals surface area contributed by atoms with E-state index in [1.165, 1.54) is 31.5 Å². The molecule has 0 aliphatic carbocycles. The van der Waals surface area contributed by atoms with E-state index in [2.05, 4.69) is 30.8 Å². The Hall–Kier alpha value is -3.01. The summed E-state index contributed by atoms with van der Waals surface area (Å²) >= 11 is 4.38. The molecule has 0 bridgehead atoms. The van der Waals surface area contributed by atoms with Crippen molar-refractivity contribution in [2.24, 2.45) is 5.10 Å². The molecule has 1 heterocycles. The summed E-state index contributed by atoms with van der Waals surface area (Å²) in [5, 5.41) is 13.5.